The minimum atomic E-state index is 0.650. The third-order valence-corrected chi connectivity index (χ3v) is 5.17. The Bertz CT molecular complexity index is 599. The zero-order valence-electron chi connectivity index (χ0n) is 12.3. The summed E-state index contributed by atoms with van der Waals surface area (Å²) in [7, 11) is 1.71. The predicted octanol–water partition coefficient (Wildman–Crippen LogP) is 3.72. The highest BCUT2D eigenvalue weighted by molar-refractivity contribution is 7.99. The van der Waals surface area contributed by atoms with E-state index in [0.29, 0.717) is 5.92 Å². The van der Waals surface area contributed by atoms with Crippen molar-refractivity contribution in [2.45, 2.75) is 17.2 Å². The molecule has 1 aliphatic heterocycles. The van der Waals surface area contributed by atoms with Gasteiger partial charge in [0.2, 0.25) is 0 Å². The quantitative estimate of drug-likeness (QED) is 0.822. The van der Waals surface area contributed by atoms with Gasteiger partial charge >= 0.3 is 0 Å². The predicted molar refractivity (Wildman–Crippen MR) is 89.5 cm³/mol. The fraction of sp³-hybridized carbons (Fsp3) is 0.333. The minimum absolute atomic E-state index is 0.650. The van der Waals surface area contributed by atoms with Gasteiger partial charge in [0.1, 0.15) is 5.75 Å². The average molecular weight is 299 g/mol. The SMILES string of the molecule is COc1cccc(CCNCC2CSc3ccccc32)c1. The molecule has 1 aliphatic rings. The molecule has 1 N–H and O–H groups in total. The van der Waals surface area contributed by atoms with Gasteiger partial charge in [0.25, 0.3) is 0 Å². The lowest BCUT2D eigenvalue weighted by Crippen LogP contribution is -2.23. The number of fused-ring (bicyclic) bond motifs is 1. The van der Waals surface area contributed by atoms with Crippen LogP contribution < -0.4 is 10.1 Å². The molecule has 0 saturated heterocycles. The number of rotatable bonds is 6. The monoisotopic (exact) mass is 299 g/mol. The lowest BCUT2D eigenvalue weighted by atomic mass is 10.0. The maximum atomic E-state index is 5.26. The molecule has 1 heterocycles. The van der Waals surface area contributed by atoms with Crippen molar-refractivity contribution in [3.63, 3.8) is 0 Å². The van der Waals surface area contributed by atoms with E-state index in [2.05, 4.69) is 47.8 Å². The zero-order valence-corrected chi connectivity index (χ0v) is 13.2. The molecule has 2 aromatic carbocycles. The van der Waals surface area contributed by atoms with Crippen LogP contribution >= 0.6 is 11.8 Å². The van der Waals surface area contributed by atoms with E-state index in [9.17, 15) is 0 Å². The lowest BCUT2D eigenvalue weighted by Gasteiger charge is -2.12. The number of nitrogens with one attached hydrogen (secondary N) is 1. The van der Waals surface area contributed by atoms with E-state index in [1.807, 2.05) is 17.8 Å². The first-order chi connectivity index (χ1) is 10.4. The van der Waals surface area contributed by atoms with Crippen LogP contribution in [0.5, 0.6) is 5.75 Å². The number of benzene rings is 2. The van der Waals surface area contributed by atoms with Crippen LogP contribution in [0.2, 0.25) is 0 Å². The first kappa shape index (κ1) is 14.5. The maximum absolute atomic E-state index is 5.26. The normalized spacial score (nSPS) is 16.7. The van der Waals surface area contributed by atoms with Crippen LogP contribution in [0.1, 0.15) is 17.0 Å². The molecule has 0 amide bonds. The number of ether oxygens (including phenoxy) is 1. The molecule has 21 heavy (non-hydrogen) atoms. The van der Waals surface area contributed by atoms with E-state index in [4.69, 9.17) is 4.74 Å². The summed E-state index contributed by atoms with van der Waals surface area (Å²) in [5.74, 6) is 2.79. The first-order valence-electron chi connectivity index (χ1n) is 7.42. The topological polar surface area (TPSA) is 21.3 Å². The van der Waals surface area contributed by atoms with Crippen molar-refractivity contribution in [3.8, 4) is 5.75 Å². The molecule has 0 radical (unpaired) electrons. The van der Waals surface area contributed by atoms with Gasteiger partial charge in [-0.15, -0.1) is 11.8 Å². The smallest absolute Gasteiger partial charge is 0.119 e. The standard InChI is InChI=1S/C18H21NOS/c1-20-16-6-4-5-14(11-16)9-10-19-12-15-13-21-18-8-3-2-7-17(15)18/h2-8,11,15,19H,9-10,12-13H2,1H3. The Morgan fingerprint density at radius 1 is 1.19 bits per heavy atom. The summed E-state index contributed by atoms with van der Waals surface area (Å²) in [6.07, 6.45) is 1.04. The third-order valence-electron chi connectivity index (χ3n) is 3.91. The molecule has 1 atom stereocenters. The Labute approximate surface area is 130 Å². The minimum Gasteiger partial charge on any atom is -0.497 e. The van der Waals surface area contributed by atoms with Gasteiger partial charge in [-0.05, 0) is 42.3 Å². The fourth-order valence-corrected chi connectivity index (χ4v) is 3.99. The van der Waals surface area contributed by atoms with Crippen molar-refractivity contribution >= 4 is 11.8 Å². The summed E-state index contributed by atoms with van der Waals surface area (Å²) >= 11 is 1.98. The third kappa shape index (κ3) is 3.60. The summed E-state index contributed by atoms with van der Waals surface area (Å²) < 4.78 is 5.26. The molecule has 3 rings (SSSR count). The van der Waals surface area contributed by atoms with Crippen molar-refractivity contribution in [1.82, 2.24) is 5.32 Å². The summed E-state index contributed by atoms with van der Waals surface area (Å²) in [4.78, 5) is 1.46. The second-order valence-corrected chi connectivity index (χ2v) is 6.41. The van der Waals surface area contributed by atoms with Crippen LogP contribution in [0.3, 0.4) is 0 Å². The average Bonchev–Trinajstić information content (AvgIpc) is 2.95. The van der Waals surface area contributed by atoms with Gasteiger partial charge in [-0.2, -0.15) is 0 Å². The highest BCUT2D eigenvalue weighted by Crippen LogP contribution is 2.38. The summed E-state index contributed by atoms with van der Waals surface area (Å²) in [6, 6.07) is 17.1. The van der Waals surface area contributed by atoms with Crippen molar-refractivity contribution in [1.29, 1.82) is 0 Å². The van der Waals surface area contributed by atoms with E-state index in [0.717, 1.165) is 25.3 Å². The van der Waals surface area contributed by atoms with Gasteiger partial charge in [0, 0.05) is 23.1 Å². The molecule has 2 aromatic rings. The van der Waals surface area contributed by atoms with Crippen molar-refractivity contribution in [2.75, 3.05) is 26.0 Å². The number of hydrogen-bond donors (Lipinski definition) is 1. The Balaban J connectivity index is 1.47. The molecule has 1 unspecified atom stereocenters. The van der Waals surface area contributed by atoms with Crippen LogP contribution in [0.15, 0.2) is 53.4 Å². The van der Waals surface area contributed by atoms with Crippen molar-refractivity contribution in [2.24, 2.45) is 0 Å². The first-order valence-corrected chi connectivity index (χ1v) is 8.41. The van der Waals surface area contributed by atoms with Gasteiger partial charge in [-0.25, -0.2) is 0 Å². The fourth-order valence-electron chi connectivity index (χ4n) is 2.74. The van der Waals surface area contributed by atoms with Crippen LogP contribution in [-0.2, 0) is 6.42 Å². The molecule has 110 valence electrons. The van der Waals surface area contributed by atoms with Gasteiger partial charge in [0.05, 0.1) is 7.11 Å². The Morgan fingerprint density at radius 2 is 2.10 bits per heavy atom. The molecule has 0 spiro atoms. The van der Waals surface area contributed by atoms with Crippen molar-refractivity contribution < 1.29 is 4.74 Å². The van der Waals surface area contributed by atoms with Crippen LogP contribution in [-0.4, -0.2) is 26.0 Å². The largest absolute Gasteiger partial charge is 0.497 e. The summed E-state index contributed by atoms with van der Waals surface area (Å²) in [5, 5.41) is 3.60. The van der Waals surface area contributed by atoms with Crippen LogP contribution in [0.25, 0.3) is 0 Å². The second kappa shape index (κ2) is 7.01. The molecular formula is C18H21NOS. The number of thioether (sulfide) groups is 1. The van der Waals surface area contributed by atoms with E-state index < -0.39 is 0 Å². The number of hydrogen-bond acceptors (Lipinski definition) is 3. The van der Waals surface area contributed by atoms with E-state index in [-0.39, 0.29) is 0 Å². The maximum Gasteiger partial charge on any atom is 0.119 e. The highest BCUT2D eigenvalue weighted by atomic mass is 32.2. The highest BCUT2D eigenvalue weighted by Gasteiger charge is 2.21. The molecule has 0 fully saturated rings. The lowest BCUT2D eigenvalue weighted by molar-refractivity contribution is 0.414. The van der Waals surface area contributed by atoms with Gasteiger partial charge in [-0.3, -0.25) is 0 Å². The van der Waals surface area contributed by atoms with E-state index in [1.165, 1.54) is 21.8 Å². The summed E-state index contributed by atoms with van der Waals surface area (Å²) in [6.45, 7) is 2.07. The Hall–Kier alpha value is -1.45. The zero-order chi connectivity index (χ0) is 14.5. The molecule has 0 bridgehead atoms. The Kier molecular flexibility index (Phi) is 4.84. The number of methoxy groups -OCH3 is 1. The molecule has 0 aromatic heterocycles. The van der Waals surface area contributed by atoms with E-state index in [1.54, 1.807) is 7.11 Å². The molecule has 3 heteroatoms. The molecule has 2 nitrogen and oxygen atoms in total. The van der Waals surface area contributed by atoms with Gasteiger partial charge < -0.3 is 10.1 Å². The van der Waals surface area contributed by atoms with Gasteiger partial charge in [-0.1, -0.05) is 30.3 Å². The van der Waals surface area contributed by atoms with Crippen molar-refractivity contribution in [3.05, 3.63) is 59.7 Å². The van der Waals surface area contributed by atoms with Gasteiger partial charge in [0.15, 0.2) is 0 Å². The van der Waals surface area contributed by atoms with E-state index >= 15 is 0 Å². The Morgan fingerprint density at radius 3 is 3.00 bits per heavy atom. The van der Waals surface area contributed by atoms with Crippen LogP contribution in [0.4, 0.5) is 0 Å². The molecule has 0 saturated carbocycles. The van der Waals surface area contributed by atoms with Crippen LogP contribution in [0, 0.1) is 0 Å². The molecular weight excluding hydrogens is 278 g/mol. The summed E-state index contributed by atoms with van der Waals surface area (Å²) in [5.41, 5.74) is 2.83. The second-order valence-electron chi connectivity index (χ2n) is 5.35. The molecule has 0 aliphatic carbocycles.